The minimum absolute atomic E-state index is 0.241. The standard InChI is InChI=1S/C15H18N2O2/c1-4-11-7-6-8-12(5-2)14(11)16-15(18)13-9-10(3)17-19-13/h6-9H,4-5H2,1-3H3,(H,16,18). The van der Waals surface area contributed by atoms with Crippen LogP contribution < -0.4 is 5.32 Å². The molecule has 4 nitrogen and oxygen atoms in total. The van der Waals surface area contributed by atoms with Gasteiger partial charge in [0.05, 0.1) is 5.69 Å². The average Bonchev–Trinajstić information content (AvgIpc) is 2.85. The summed E-state index contributed by atoms with van der Waals surface area (Å²) in [4.78, 5) is 12.1. The van der Waals surface area contributed by atoms with Crippen LogP contribution in [-0.2, 0) is 12.8 Å². The van der Waals surface area contributed by atoms with E-state index in [-0.39, 0.29) is 11.7 Å². The van der Waals surface area contributed by atoms with E-state index in [4.69, 9.17) is 4.52 Å². The highest BCUT2D eigenvalue weighted by molar-refractivity contribution is 6.03. The number of nitrogens with zero attached hydrogens (tertiary/aromatic N) is 1. The van der Waals surface area contributed by atoms with Crippen LogP contribution in [0.5, 0.6) is 0 Å². The lowest BCUT2D eigenvalue weighted by Gasteiger charge is -2.13. The Kier molecular flexibility index (Phi) is 4.00. The smallest absolute Gasteiger partial charge is 0.294 e. The van der Waals surface area contributed by atoms with Crippen LogP contribution >= 0.6 is 0 Å². The van der Waals surface area contributed by atoms with Gasteiger partial charge in [0.2, 0.25) is 5.76 Å². The van der Waals surface area contributed by atoms with Crippen molar-refractivity contribution in [2.75, 3.05) is 5.32 Å². The zero-order chi connectivity index (χ0) is 13.8. The fourth-order valence-corrected chi connectivity index (χ4v) is 2.05. The van der Waals surface area contributed by atoms with Crippen LogP contribution in [0.25, 0.3) is 0 Å². The minimum atomic E-state index is -0.254. The van der Waals surface area contributed by atoms with Gasteiger partial charge in [-0.3, -0.25) is 4.79 Å². The predicted molar refractivity (Wildman–Crippen MR) is 74.4 cm³/mol. The van der Waals surface area contributed by atoms with Gasteiger partial charge in [0.25, 0.3) is 5.91 Å². The molecule has 0 fully saturated rings. The van der Waals surface area contributed by atoms with Gasteiger partial charge >= 0.3 is 0 Å². The molecule has 2 aromatic rings. The summed E-state index contributed by atoms with van der Waals surface area (Å²) in [5.41, 5.74) is 3.85. The monoisotopic (exact) mass is 258 g/mol. The molecule has 0 saturated carbocycles. The molecule has 0 spiro atoms. The van der Waals surface area contributed by atoms with E-state index in [0.29, 0.717) is 5.69 Å². The largest absolute Gasteiger partial charge is 0.351 e. The number of para-hydroxylation sites is 1. The molecule has 0 unspecified atom stereocenters. The van der Waals surface area contributed by atoms with E-state index < -0.39 is 0 Å². The van der Waals surface area contributed by atoms with E-state index in [1.807, 2.05) is 18.2 Å². The molecule has 0 radical (unpaired) electrons. The maximum Gasteiger partial charge on any atom is 0.294 e. The van der Waals surface area contributed by atoms with Gasteiger partial charge in [-0.1, -0.05) is 37.2 Å². The Balaban J connectivity index is 2.30. The van der Waals surface area contributed by atoms with Gasteiger partial charge in [-0.2, -0.15) is 0 Å². The van der Waals surface area contributed by atoms with Gasteiger partial charge in [0, 0.05) is 11.8 Å². The van der Waals surface area contributed by atoms with Gasteiger partial charge in [0.15, 0.2) is 0 Å². The molecule has 1 N–H and O–H groups in total. The van der Waals surface area contributed by atoms with E-state index in [1.165, 1.54) is 0 Å². The van der Waals surface area contributed by atoms with Crippen molar-refractivity contribution in [1.29, 1.82) is 0 Å². The fourth-order valence-electron chi connectivity index (χ4n) is 2.05. The summed E-state index contributed by atoms with van der Waals surface area (Å²) in [6.45, 7) is 5.93. The molecule has 0 atom stereocenters. The number of rotatable bonds is 4. The molecular formula is C15H18N2O2. The number of carbonyl (C=O) groups is 1. The number of aromatic nitrogens is 1. The average molecular weight is 258 g/mol. The summed E-state index contributed by atoms with van der Waals surface area (Å²) in [5.74, 6) is -0.0124. The summed E-state index contributed by atoms with van der Waals surface area (Å²) in [6.07, 6.45) is 1.75. The summed E-state index contributed by atoms with van der Waals surface area (Å²) >= 11 is 0. The molecule has 1 aromatic heterocycles. The summed E-state index contributed by atoms with van der Waals surface area (Å²) < 4.78 is 4.98. The van der Waals surface area contributed by atoms with E-state index in [1.54, 1.807) is 13.0 Å². The van der Waals surface area contributed by atoms with Gasteiger partial charge < -0.3 is 9.84 Å². The number of hydrogen-bond donors (Lipinski definition) is 1. The molecule has 0 aliphatic carbocycles. The van der Waals surface area contributed by atoms with E-state index in [2.05, 4.69) is 24.3 Å². The second kappa shape index (κ2) is 5.69. The summed E-state index contributed by atoms with van der Waals surface area (Å²) in [5, 5.41) is 6.67. The summed E-state index contributed by atoms with van der Waals surface area (Å²) in [7, 11) is 0. The number of aryl methyl sites for hydroxylation is 3. The van der Waals surface area contributed by atoms with Crippen LogP contribution in [0.2, 0.25) is 0 Å². The second-order valence-electron chi connectivity index (χ2n) is 4.45. The molecule has 0 bridgehead atoms. The maximum absolute atomic E-state index is 12.1. The summed E-state index contributed by atoms with van der Waals surface area (Å²) in [6, 6.07) is 7.71. The van der Waals surface area contributed by atoms with Gasteiger partial charge in [0.1, 0.15) is 0 Å². The van der Waals surface area contributed by atoms with Crippen molar-refractivity contribution in [3.8, 4) is 0 Å². The van der Waals surface area contributed by atoms with Crippen molar-refractivity contribution in [2.24, 2.45) is 0 Å². The van der Waals surface area contributed by atoms with Crippen LogP contribution in [-0.4, -0.2) is 11.1 Å². The molecule has 0 aliphatic heterocycles. The van der Waals surface area contributed by atoms with Gasteiger partial charge in [-0.15, -0.1) is 0 Å². The molecule has 1 amide bonds. The number of benzene rings is 1. The molecule has 1 aromatic carbocycles. The Labute approximate surface area is 112 Å². The van der Waals surface area contributed by atoms with Crippen LogP contribution in [0.1, 0.15) is 41.2 Å². The third kappa shape index (κ3) is 2.84. The Morgan fingerprint density at radius 3 is 2.37 bits per heavy atom. The quantitative estimate of drug-likeness (QED) is 0.914. The van der Waals surface area contributed by atoms with E-state index >= 15 is 0 Å². The predicted octanol–water partition coefficient (Wildman–Crippen LogP) is 3.36. The lowest BCUT2D eigenvalue weighted by molar-refractivity contribution is 0.0987. The molecule has 1 heterocycles. The van der Waals surface area contributed by atoms with Crippen LogP contribution in [0.15, 0.2) is 28.8 Å². The number of amides is 1. The Hall–Kier alpha value is -2.10. The third-order valence-corrected chi connectivity index (χ3v) is 3.09. The molecule has 0 aliphatic rings. The normalized spacial score (nSPS) is 10.5. The van der Waals surface area contributed by atoms with Crippen molar-refractivity contribution >= 4 is 11.6 Å². The van der Waals surface area contributed by atoms with E-state index in [9.17, 15) is 4.79 Å². The number of carbonyl (C=O) groups excluding carboxylic acids is 1. The maximum atomic E-state index is 12.1. The molecule has 0 saturated heterocycles. The number of hydrogen-bond acceptors (Lipinski definition) is 3. The first-order chi connectivity index (χ1) is 9.15. The topological polar surface area (TPSA) is 55.1 Å². The molecule has 2 rings (SSSR count). The number of anilines is 1. The van der Waals surface area contributed by atoms with E-state index in [0.717, 1.165) is 29.7 Å². The van der Waals surface area contributed by atoms with Crippen molar-refractivity contribution in [1.82, 2.24) is 5.16 Å². The highest BCUT2D eigenvalue weighted by Gasteiger charge is 2.15. The fraction of sp³-hybridized carbons (Fsp3) is 0.333. The van der Waals surface area contributed by atoms with Crippen molar-refractivity contribution in [3.63, 3.8) is 0 Å². The first kappa shape index (κ1) is 13.3. The molecule has 19 heavy (non-hydrogen) atoms. The van der Waals surface area contributed by atoms with Gasteiger partial charge in [-0.25, -0.2) is 0 Å². The lowest BCUT2D eigenvalue weighted by Crippen LogP contribution is -2.14. The second-order valence-corrected chi connectivity index (χ2v) is 4.45. The molecule has 4 heteroatoms. The molecular weight excluding hydrogens is 240 g/mol. The van der Waals surface area contributed by atoms with Crippen LogP contribution in [0, 0.1) is 6.92 Å². The Bertz CT molecular complexity index is 565. The minimum Gasteiger partial charge on any atom is -0.351 e. The van der Waals surface area contributed by atoms with Crippen molar-refractivity contribution in [3.05, 3.63) is 46.8 Å². The van der Waals surface area contributed by atoms with Crippen molar-refractivity contribution < 1.29 is 9.32 Å². The highest BCUT2D eigenvalue weighted by Crippen LogP contribution is 2.23. The first-order valence-electron chi connectivity index (χ1n) is 6.51. The SMILES string of the molecule is CCc1cccc(CC)c1NC(=O)c1cc(C)no1. The first-order valence-corrected chi connectivity index (χ1v) is 6.51. The molecule has 100 valence electrons. The highest BCUT2D eigenvalue weighted by atomic mass is 16.5. The Morgan fingerprint density at radius 1 is 1.26 bits per heavy atom. The third-order valence-electron chi connectivity index (χ3n) is 3.09. The zero-order valence-corrected chi connectivity index (χ0v) is 11.5. The number of nitrogens with one attached hydrogen (secondary N) is 1. The van der Waals surface area contributed by atoms with Crippen LogP contribution in [0.4, 0.5) is 5.69 Å². The lowest BCUT2D eigenvalue weighted by atomic mass is 10.0. The van der Waals surface area contributed by atoms with Crippen molar-refractivity contribution in [2.45, 2.75) is 33.6 Å². The van der Waals surface area contributed by atoms with Gasteiger partial charge in [-0.05, 0) is 30.9 Å². The Morgan fingerprint density at radius 2 is 1.89 bits per heavy atom. The zero-order valence-electron chi connectivity index (χ0n) is 11.5. The van der Waals surface area contributed by atoms with Crippen LogP contribution in [0.3, 0.4) is 0 Å².